The van der Waals surface area contributed by atoms with E-state index in [1.165, 1.54) is 11.8 Å². The van der Waals surface area contributed by atoms with E-state index in [9.17, 15) is 9.59 Å². The van der Waals surface area contributed by atoms with Crippen molar-refractivity contribution in [2.24, 2.45) is 0 Å². The average Bonchev–Trinajstić information content (AvgIpc) is 3.27. The largest absolute Gasteiger partial charge is 0.351 e. The molecule has 2 N–H and O–H groups in total. The molecule has 25 heavy (non-hydrogen) atoms. The number of aromatic nitrogens is 3. The zero-order valence-corrected chi connectivity index (χ0v) is 14.9. The number of carbonyl (C=O) groups excluding carboxylic acids is 2. The smallest absolute Gasteiger partial charge is 0.230 e. The summed E-state index contributed by atoms with van der Waals surface area (Å²) in [6.45, 7) is 3.24. The lowest BCUT2D eigenvalue weighted by atomic mass is 10.2. The van der Waals surface area contributed by atoms with Gasteiger partial charge >= 0.3 is 0 Å². The van der Waals surface area contributed by atoms with E-state index in [4.69, 9.17) is 0 Å². The van der Waals surface area contributed by atoms with Crippen LogP contribution in [0.25, 0.3) is 0 Å². The van der Waals surface area contributed by atoms with Gasteiger partial charge in [-0.05, 0) is 24.1 Å². The lowest BCUT2D eigenvalue weighted by Crippen LogP contribution is -2.25. The van der Waals surface area contributed by atoms with Gasteiger partial charge in [-0.15, -0.1) is 5.10 Å². The minimum atomic E-state index is -0.0633. The second-order valence-corrected chi connectivity index (χ2v) is 6.74. The highest BCUT2D eigenvalue weighted by molar-refractivity contribution is 7.99. The van der Waals surface area contributed by atoms with Gasteiger partial charge in [0, 0.05) is 31.6 Å². The first kappa shape index (κ1) is 17.5. The van der Waals surface area contributed by atoms with E-state index in [0.29, 0.717) is 18.1 Å². The number of aryl methyl sites for hydroxylation is 1. The summed E-state index contributed by atoms with van der Waals surface area (Å²) < 4.78 is 0. The number of carbonyl (C=O) groups is 2. The normalized spacial score (nSPS) is 14.1. The van der Waals surface area contributed by atoms with Gasteiger partial charge in [-0.1, -0.05) is 30.8 Å². The highest BCUT2D eigenvalue weighted by Gasteiger charge is 2.21. The minimum Gasteiger partial charge on any atom is -0.351 e. The standard InChI is InChI=1S/C17H21N5O2S/c1-2-14-19-17(21-20-14)25-11-15(23)18-10-12-5-7-13(8-6-12)22-9-3-4-16(22)24/h5-8H,2-4,9-11H2,1H3,(H,18,23)(H,19,20,21). The Kier molecular flexibility index (Phi) is 5.70. The molecule has 1 aliphatic rings. The molecule has 3 rings (SSSR count). The molecule has 1 aromatic heterocycles. The van der Waals surface area contributed by atoms with E-state index in [1.54, 1.807) is 4.90 Å². The number of thioether (sulfide) groups is 1. The molecule has 0 saturated carbocycles. The molecule has 7 nitrogen and oxygen atoms in total. The maximum absolute atomic E-state index is 11.9. The van der Waals surface area contributed by atoms with Gasteiger partial charge in [0.2, 0.25) is 17.0 Å². The van der Waals surface area contributed by atoms with Crippen molar-refractivity contribution < 1.29 is 9.59 Å². The summed E-state index contributed by atoms with van der Waals surface area (Å²) in [5, 5.41) is 10.3. The molecule has 1 saturated heterocycles. The van der Waals surface area contributed by atoms with Crippen LogP contribution < -0.4 is 10.2 Å². The molecule has 2 amide bonds. The molecule has 1 fully saturated rings. The second-order valence-electron chi connectivity index (χ2n) is 5.80. The van der Waals surface area contributed by atoms with Crippen LogP contribution in [0.15, 0.2) is 29.4 Å². The molecular weight excluding hydrogens is 338 g/mol. The lowest BCUT2D eigenvalue weighted by molar-refractivity contribution is -0.119. The number of hydrogen-bond donors (Lipinski definition) is 2. The molecule has 1 aromatic carbocycles. The fourth-order valence-electron chi connectivity index (χ4n) is 2.60. The highest BCUT2D eigenvalue weighted by Crippen LogP contribution is 2.21. The number of nitrogens with zero attached hydrogens (tertiary/aromatic N) is 3. The van der Waals surface area contributed by atoms with E-state index in [-0.39, 0.29) is 17.6 Å². The van der Waals surface area contributed by atoms with Crippen LogP contribution in [0.4, 0.5) is 5.69 Å². The van der Waals surface area contributed by atoms with Gasteiger partial charge in [0.25, 0.3) is 0 Å². The van der Waals surface area contributed by atoms with E-state index in [0.717, 1.165) is 36.5 Å². The van der Waals surface area contributed by atoms with Crippen LogP contribution in [0.2, 0.25) is 0 Å². The fraction of sp³-hybridized carbons (Fsp3) is 0.412. The van der Waals surface area contributed by atoms with Crippen molar-refractivity contribution in [3.8, 4) is 0 Å². The summed E-state index contributed by atoms with van der Waals surface area (Å²) in [5.74, 6) is 1.21. The van der Waals surface area contributed by atoms with Crippen molar-refractivity contribution in [1.82, 2.24) is 20.5 Å². The second kappa shape index (κ2) is 8.15. The van der Waals surface area contributed by atoms with Gasteiger partial charge in [-0.2, -0.15) is 0 Å². The van der Waals surface area contributed by atoms with Crippen molar-refractivity contribution in [3.05, 3.63) is 35.7 Å². The number of H-pyrrole nitrogens is 1. The van der Waals surface area contributed by atoms with Gasteiger partial charge in [-0.25, -0.2) is 4.98 Å². The number of amides is 2. The molecule has 132 valence electrons. The summed E-state index contributed by atoms with van der Waals surface area (Å²) in [6.07, 6.45) is 2.33. The van der Waals surface area contributed by atoms with Gasteiger partial charge in [0.05, 0.1) is 5.75 Å². The van der Waals surface area contributed by atoms with Gasteiger partial charge < -0.3 is 10.2 Å². The van der Waals surface area contributed by atoms with E-state index < -0.39 is 0 Å². The SMILES string of the molecule is CCc1nc(SCC(=O)NCc2ccc(N3CCCC3=O)cc2)n[nH]1. The first-order valence-electron chi connectivity index (χ1n) is 8.36. The Hall–Kier alpha value is -2.35. The van der Waals surface area contributed by atoms with Gasteiger partial charge in [0.15, 0.2) is 0 Å². The molecule has 0 unspecified atom stereocenters. The first-order valence-corrected chi connectivity index (χ1v) is 9.34. The monoisotopic (exact) mass is 359 g/mol. The third kappa shape index (κ3) is 4.60. The number of rotatable bonds is 7. The molecule has 0 aliphatic carbocycles. The van der Waals surface area contributed by atoms with Crippen LogP contribution in [0.1, 0.15) is 31.2 Å². The van der Waals surface area contributed by atoms with Gasteiger partial charge in [-0.3, -0.25) is 14.7 Å². The van der Waals surface area contributed by atoms with E-state index in [2.05, 4.69) is 20.5 Å². The van der Waals surface area contributed by atoms with Crippen LogP contribution in [-0.4, -0.2) is 39.3 Å². The number of hydrogen-bond acceptors (Lipinski definition) is 5. The van der Waals surface area contributed by atoms with Crippen LogP contribution in [0.5, 0.6) is 0 Å². The molecule has 2 aromatic rings. The molecule has 0 radical (unpaired) electrons. The maximum atomic E-state index is 11.9. The van der Waals surface area contributed by atoms with Crippen LogP contribution in [-0.2, 0) is 22.6 Å². The highest BCUT2D eigenvalue weighted by atomic mass is 32.2. The van der Waals surface area contributed by atoms with Gasteiger partial charge in [0.1, 0.15) is 5.82 Å². The predicted octanol–water partition coefficient (Wildman–Crippen LogP) is 1.90. The summed E-state index contributed by atoms with van der Waals surface area (Å²) in [5.41, 5.74) is 1.92. The Morgan fingerprint density at radius 1 is 1.36 bits per heavy atom. The third-order valence-corrected chi connectivity index (χ3v) is 4.84. The zero-order chi connectivity index (χ0) is 17.6. The molecule has 0 spiro atoms. The molecule has 1 aliphatic heterocycles. The first-order chi connectivity index (χ1) is 12.2. The number of aromatic amines is 1. The minimum absolute atomic E-state index is 0.0633. The van der Waals surface area contributed by atoms with Crippen molar-refractivity contribution in [2.75, 3.05) is 17.2 Å². The lowest BCUT2D eigenvalue weighted by Gasteiger charge is -2.16. The molecular formula is C17H21N5O2S. The molecule has 0 bridgehead atoms. The van der Waals surface area contributed by atoms with Crippen molar-refractivity contribution >= 4 is 29.3 Å². The zero-order valence-electron chi connectivity index (χ0n) is 14.1. The Morgan fingerprint density at radius 2 is 2.16 bits per heavy atom. The van der Waals surface area contributed by atoms with E-state index >= 15 is 0 Å². The van der Waals surface area contributed by atoms with Crippen LogP contribution >= 0.6 is 11.8 Å². The number of nitrogens with one attached hydrogen (secondary N) is 2. The predicted molar refractivity (Wildman–Crippen MR) is 96.4 cm³/mol. The Bertz CT molecular complexity index is 744. The number of benzene rings is 1. The molecule has 2 heterocycles. The summed E-state index contributed by atoms with van der Waals surface area (Å²) in [7, 11) is 0. The molecule has 8 heteroatoms. The Balaban J connectivity index is 1.44. The topological polar surface area (TPSA) is 91.0 Å². The fourth-order valence-corrected chi connectivity index (χ4v) is 3.24. The van der Waals surface area contributed by atoms with Crippen molar-refractivity contribution in [2.45, 2.75) is 37.9 Å². The van der Waals surface area contributed by atoms with E-state index in [1.807, 2.05) is 31.2 Å². The van der Waals surface area contributed by atoms with Crippen LogP contribution in [0, 0.1) is 0 Å². The third-order valence-electron chi connectivity index (χ3n) is 3.99. The molecule has 0 atom stereocenters. The van der Waals surface area contributed by atoms with Crippen molar-refractivity contribution in [3.63, 3.8) is 0 Å². The number of anilines is 1. The summed E-state index contributed by atoms with van der Waals surface area (Å²) in [4.78, 5) is 29.7. The Morgan fingerprint density at radius 3 is 2.80 bits per heavy atom. The van der Waals surface area contributed by atoms with Crippen LogP contribution in [0.3, 0.4) is 0 Å². The quantitative estimate of drug-likeness (QED) is 0.737. The maximum Gasteiger partial charge on any atom is 0.230 e. The summed E-state index contributed by atoms with van der Waals surface area (Å²) in [6, 6.07) is 7.74. The summed E-state index contributed by atoms with van der Waals surface area (Å²) >= 11 is 1.31. The Labute approximate surface area is 150 Å². The average molecular weight is 359 g/mol. The van der Waals surface area contributed by atoms with Crippen molar-refractivity contribution in [1.29, 1.82) is 0 Å².